The number of carbonyl (C=O) groups is 1. The maximum Gasteiger partial charge on any atom is 0.337 e. The summed E-state index contributed by atoms with van der Waals surface area (Å²) in [6, 6.07) is 15.0. The van der Waals surface area contributed by atoms with Gasteiger partial charge >= 0.3 is 5.97 Å². The van der Waals surface area contributed by atoms with Gasteiger partial charge in [-0.2, -0.15) is 0 Å². The Morgan fingerprint density at radius 2 is 1.96 bits per heavy atom. The Morgan fingerprint density at radius 3 is 2.71 bits per heavy atom. The number of β-amino-alcohol motifs (C(OH)–C–C–N with tert-alkyl or cyclic N) is 1. The van der Waals surface area contributed by atoms with E-state index in [1.165, 1.54) is 18.4 Å². The molecule has 3 rings (SSSR count). The molecule has 1 aliphatic heterocycles. The maximum atomic E-state index is 11.4. The lowest BCUT2D eigenvalue weighted by Gasteiger charge is -2.23. The van der Waals surface area contributed by atoms with Gasteiger partial charge in [0.2, 0.25) is 0 Å². The van der Waals surface area contributed by atoms with Gasteiger partial charge in [0, 0.05) is 18.8 Å². The molecule has 126 valence electrons. The van der Waals surface area contributed by atoms with Gasteiger partial charge < -0.3 is 19.5 Å². The SMILES string of the molecule is COC(=O)c1ccc(OCC(O)CN2CCc3ccccc32)cc1. The first kappa shape index (κ1) is 16.3. The molecule has 0 bridgehead atoms. The molecule has 5 heteroatoms. The fraction of sp³-hybridized carbons (Fsp3) is 0.316. The third-order valence-corrected chi connectivity index (χ3v) is 4.13. The predicted molar refractivity (Wildman–Crippen MR) is 91.6 cm³/mol. The molecular formula is C19H21NO4. The van der Waals surface area contributed by atoms with E-state index < -0.39 is 6.10 Å². The Balaban J connectivity index is 1.51. The summed E-state index contributed by atoms with van der Waals surface area (Å²) < 4.78 is 10.3. The molecule has 0 fully saturated rings. The van der Waals surface area contributed by atoms with E-state index in [2.05, 4.69) is 21.8 Å². The number of aliphatic hydroxyl groups is 1. The lowest BCUT2D eigenvalue weighted by Crippen LogP contribution is -2.34. The van der Waals surface area contributed by atoms with E-state index in [0.29, 0.717) is 17.9 Å². The van der Waals surface area contributed by atoms with Crippen LogP contribution in [0.3, 0.4) is 0 Å². The van der Waals surface area contributed by atoms with Crippen LogP contribution in [0.5, 0.6) is 5.75 Å². The number of benzene rings is 2. The van der Waals surface area contributed by atoms with Gasteiger partial charge in [-0.05, 0) is 42.3 Å². The standard InChI is InChI=1S/C19H21NO4/c1-23-19(22)15-6-8-17(9-7-15)24-13-16(21)12-20-11-10-14-4-2-3-5-18(14)20/h2-9,16,21H,10-13H2,1H3. The highest BCUT2D eigenvalue weighted by molar-refractivity contribution is 5.89. The summed E-state index contributed by atoms with van der Waals surface area (Å²) in [6.45, 7) is 1.66. The minimum Gasteiger partial charge on any atom is -0.491 e. The Kier molecular flexibility index (Phi) is 5.01. The van der Waals surface area contributed by atoms with Crippen molar-refractivity contribution in [2.75, 3.05) is 31.7 Å². The molecule has 1 atom stereocenters. The first-order valence-electron chi connectivity index (χ1n) is 7.99. The summed E-state index contributed by atoms with van der Waals surface area (Å²) in [5, 5.41) is 10.2. The summed E-state index contributed by atoms with van der Waals surface area (Å²) in [5.41, 5.74) is 2.99. The average molecular weight is 327 g/mol. The van der Waals surface area contributed by atoms with Crippen LogP contribution in [0.15, 0.2) is 48.5 Å². The molecule has 0 spiro atoms. The van der Waals surface area contributed by atoms with Gasteiger partial charge in [0.1, 0.15) is 18.5 Å². The lowest BCUT2D eigenvalue weighted by atomic mass is 10.2. The van der Waals surface area contributed by atoms with E-state index in [4.69, 9.17) is 4.74 Å². The van der Waals surface area contributed by atoms with E-state index in [1.54, 1.807) is 24.3 Å². The molecule has 1 aliphatic rings. The zero-order valence-corrected chi connectivity index (χ0v) is 13.6. The fourth-order valence-electron chi connectivity index (χ4n) is 2.90. The van der Waals surface area contributed by atoms with E-state index >= 15 is 0 Å². The minimum atomic E-state index is -0.587. The number of ether oxygens (including phenoxy) is 2. The van der Waals surface area contributed by atoms with Gasteiger partial charge in [-0.25, -0.2) is 4.79 Å². The Labute approximate surface area is 141 Å². The molecule has 24 heavy (non-hydrogen) atoms. The van der Waals surface area contributed by atoms with Crippen LogP contribution in [0.25, 0.3) is 0 Å². The van der Waals surface area contributed by atoms with E-state index in [9.17, 15) is 9.90 Å². The molecule has 5 nitrogen and oxygen atoms in total. The van der Waals surface area contributed by atoms with Crippen molar-refractivity contribution < 1.29 is 19.4 Å². The van der Waals surface area contributed by atoms with Crippen LogP contribution in [0.2, 0.25) is 0 Å². The molecule has 0 amide bonds. The molecule has 0 saturated carbocycles. The molecule has 0 aliphatic carbocycles. The monoisotopic (exact) mass is 327 g/mol. The number of anilines is 1. The van der Waals surface area contributed by atoms with Crippen molar-refractivity contribution in [1.82, 2.24) is 0 Å². The van der Waals surface area contributed by atoms with Crippen LogP contribution in [0, 0.1) is 0 Å². The normalized spacial score (nSPS) is 14.2. The van der Waals surface area contributed by atoms with E-state index in [1.807, 2.05) is 12.1 Å². The third kappa shape index (κ3) is 3.68. The molecule has 0 aromatic heterocycles. The fourth-order valence-corrected chi connectivity index (χ4v) is 2.90. The second-order valence-electron chi connectivity index (χ2n) is 5.81. The van der Waals surface area contributed by atoms with Gasteiger partial charge in [-0.15, -0.1) is 0 Å². The number of methoxy groups -OCH3 is 1. The summed E-state index contributed by atoms with van der Waals surface area (Å²) in [5.74, 6) is 0.234. The highest BCUT2D eigenvalue weighted by Crippen LogP contribution is 2.27. The molecule has 1 heterocycles. The van der Waals surface area contributed by atoms with Gasteiger partial charge in [0.05, 0.1) is 12.7 Å². The summed E-state index contributed by atoms with van der Waals surface area (Å²) in [7, 11) is 1.35. The van der Waals surface area contributed by atoms with Gasteiger partial charge in [-0.1, -0.05) is 18.2 Å². The average Bonchev–Trinajstić information content (AvgIpc) is 3.03. The maximum absolute atomic E-state index is 11.4. The zero-order chi connectivity index (χ0) is 16.9. The van der Waals surface area contributed by atoms with Crippen molar-refractivity contribution in [2.45, 2.75) is 12.5 Å². The van der Waals surface area contributed by atoms with Crippen LogP contribution in [0.1, 0.15) is 15.9 Å². The molecule has 2 aromatic carbocycles. The Morgan fingerprint density at radius 1 is 1.21 bits per heavy atom. The number of hydrogen-bond acceptors (Lipinski definition) is 5. The highest BCUT2D eigenvalue weighted by Gasteiger charge is 2.21. The molecule has 1 N–H and O–H groups in total. The van der Waals surface area contributed by atoms with Crippen LogP contribution in [0.4, 0.5) is 5.69 Å². The highest BCUT2D eigenvalue weighted by atomic mass is 16.5. The van der Waals surface area contributed by atoms with Crippen LogP contribution >= 0.6 is 0 Å². The smallest absolute Gasteiger partial charge is 0.337 e. The van der Waals surface area contributed by atoms with Crippen molar-refractivity contribution in [1.29, 1.82) is 0 Å². The number of fused-ring (bicyclic) bond motifs is 1. The third-order valence-electron chi connectivity index (χ3n) is 4.13. The Bertz CT molecular complexity index is 699. The molecule has 0 saturated heterocycles. The quantitative estimate of drug-likeness (QED) is 0.825. The molecule has 1 unspecified atom stereocenters. The van der Waals surface area contributed by atoms with Crippen molar-refractivity contribution in [3.8, 4) is 5.75 Å². The number of carbonyl (C=O) groups excluding carboxylic acids is 1. The van der Waals surface area contributed by atoms with Gasteiger partial charge in [-0.3, -0.25) is 0 Å². The number of hydrogen-bond donors (Lipinski definition) is 1. The van der Waals surface area contributed by atoms with Crippen molar-refractivity contribution >= 4 is 11.7 Å². The molecule has 0 radical (unpaired) electrons. The van der Waals surface area contributed by atoms with Crippen molar-refractivity contribution in [3.63, 3.8) is 0 Å². The van der Waals surface area contributed by atoms with Crippen LogP contribution in [-0.4, -0.2) is 44.0 Å². The second kappa shape index (κ2) is 7.36. The van der Waals surface area contributed by atoms with Gasteiger partial charge in [0.25, 0.3) is 0 Å². The predicted octanol–water partition coefficient (Wildman–Crippen LogP) is 2.28. The molecule has 2 aromatic rings. The number of nitrogens with zero attached hydrogens (tertiary/aromatic N) is 1. The van der Waals surface area contributed by atoms with Crippen molar-refractivity contribution in [3.05, 3.63) is 59.7 Å². The summed E-state index contributed by atoms with van der Waals surface area (Å²) >= 11 is 0. The van der Waals surface area contributed by atoms with Crippen LogP contribution in [-0.2, 0) is 11.2 Å². The van der Waals surface area contributed by atoms with E-state index in [0.717, 1.165) is 13.0 Å². The second-order valence-corrected chi connectivity index (χ2v) is 5.81. The largest absolute Gasteiger partial charge is 0.491 e. The van der Waals surface area contributed by atoms with Crippen molar-refractivity contribution in [2.24, 2.45) is 0 Å². The lowest BCUT2D eigenvalue weighted by molar-refractivity contribution is 0.0600. The first-order valence-corrected chi connectivity index (χ1v) is 7.99. The number of aliphatic hydroxyl groups excluding tert-OH is 1. The first-order chi connectivity index (χ1) is 11.7. The number of para-hydroxylation sites is 1. The topological polar surface area (TPSA) is 59.0 Å². The summed E-state index contributed by atoms with van der Waals surface area (Å²) in [4.78, 5) is 13.6. The number of esters is 1. The zero-order valence-electron chi connectivity index (χ0n) is 13.6. The van der Waals surface area contributed by atoms with Gasteiger partial charge in [0.15, 0.2) is 0 Å². The van der Waals surface area contributed by atoms with Crippen LogP contribution < -0.4 is 9.64 Å². The summed E-state index contributed by atoms with van der Waals surface area (Å²) in [6.07, 6.45) is 0.426. The number of rotatable bonds is 6. The molecular weight excluding hydrogens is 306 g/mol. The van der Waals surface area contributed by atoms with E-state index in [-0.39, 0.29) is 12.6 Å². The minimum absolute atomic E-state index is 0.205. The Hall–Kier alpha value is -2.53.